The van der Waals surface area contributed by atoms with Crippen molar-refractivity contribution in [2.24, 2.45) is 34.0 Å². The number of Topliss-reactive ketones (excluding diaryl/α,β-unsaturated/α-hetero) is 1. The van der Waals surface area contributed by atoms with Gasteiger partial charge in [0.1, 0.15) is 11.5 Å². The summed E-state index contributed by atoms with van der Waals surface area (Å²) in [5, 5.41) is 45.1. The van der Waals surface area contributed by atoms with Crippen molar-refractivity contribution in [1.29, 1.82) is 0 Å². The van der Waals surface area contributed by atoms with Crippen LogP contribution < -0.4 is 0 Å². The van der Waals surface area contributed by atoms with Crippen LogP contribution in [0.3, 0.4) is 0 Å². The van der Waals surface area contributed by atoms with Gasteiger partial charge in [-0.25, -0.2) is 0 Å². The first-order valence-corrected chi connectivity index (χ1v) is 9.71. The topological polar surface area (TPSA) is 107 Å². The van der Waals surface area contributed by atoms with Crippen LogP contribution in [0.2, 0.25) is 0 Å². The van der Waals surface area contributed by atoms with Crippen molar-refractivity contribution >= 4 is 5.78 Å². The van der Waals surface area contributed by atoms with E-state index in [4.69, 9.17) is 4.74 Å². The lowest BCUT2D eigenvalue weighted by Gasteiger charge is -2.74. The number of carbonyl (C=O) groups excluding carboxylic acids is 1. The zero-order valence-corrected chi connectivity index (χ0v) is 15.3. The van der Waals surface area contributed by atoms with E-state index in [0.29, 0.717) is 24.8 Å². The van der Waals surface area contributed by atoms with Gasteiger partial charge in [0.25, 0.3) is 0 Å². The van der Waals surface area contributed by atoms with Crippen molar-refractivity contribution in [3.8, 4) is 0 Å². The molecule has 0 radical (unpaired) electrons. The predicted molar refractivity (Wildman–Crippen MR) is 90.7 cm³/mol. The van der Waals surface area contributed by atoms with Gasteiger partial charge in [-0.1, -0.05) is 20.4 Å². The van der Waals surface area contributed by atoms with Gasteiger partial charge in [0.05, 0.1) is 18.8 Å². The number of hydrogen-bond acceptors (Lipinski definition) is 6. The van der Waals surface area contributed by atoms with Gasteiger partial charge in [-0.3, -0.25) is 4.79 Å². The fraction of sp³-hybridized carbons (Fsp3) is 0.850. The van der Waals surface area contributed by atoms with Gasteiger partial charge in [0.2, 0.25) is 5.79 Å². The van der Waals surface area contributed by atoms with Crippen LogP contribution in [0, 0.1) is 34.0 Å². The summed E-state index contributed by atoms with van der Waals surface area (Å²) in [4.78, 5) is 13.3. The molecule has 6 rings (SSSR count). The van der Waals surface area contributed by atoms with Crippen molar-refractivity contribution in [3.63, 3.8) is 0 Å². The van der Waals surface area contributed by atoms with Gasteiger partial charge in [0.15, 0.2) is 5.78 Å². The summed E-state index contributed by atoms with van der Waals surface area (Å²) in [7, 11) is 0. The Morgan fingerprint density at radius 2 is 1.81 bits per heavy atom. The van der Waals surface area contributed by atoms with Gasteiger partial charge in [-0.05, 0) is 42.6 Å². The van der Waals surface area contributed by atoms with Crippen LogP contribution in [0.4, 0.5) is 0 Å². The molecule has 2 aliphatic heterocycles. The van der Waals surface area contributed by atoms with Gasteiger partial charge in [-0.15, -0.1) is 0 Å². The first-order valence-electron chi connectivity index (χ1n) is 9.71. The van der Waals surface area contributed by atoms with Crippen LogP contribution in [0.5, 0.6) is 0 Å². The average molecular weight is 364 g/mol. The minimum absolute atomic E-state index is 0.0966. The third kappa shape index (κ3) is 1.41. The molecule has 0 aromatic heterocycles. The Kier molecular flexibility index (Phi) is 3.07. The third-order valence-electron chi connectivity index (χ3n) is 8.88. The van der Waals surface area contributed by atoms with Crippen LogP contribution in [-0.2, 0) is 9.53 Å². The SMILES string of the molecule is C=C1C(=O)[C@]23C(CC[C@@H]1[C@H]2O)[C@]12CO[C@]3(O)[C@H](O)[C@@H]1C(C)(C)CC[C@@H]2O. The van der Waals surface area contributed by atoms with Crippen LogP contribution in [0.15, 0.2) is 12.2 Å². The Bertz CT molecular complexity index is 717. The number of carbonyl (C=O) groups is 1. The van der Waals surface area contributed by atoms with Crippen LogP contribution in [0.25, 0.3) is 0 Å². The van der Waals surface area contributed by atoms with E-state index in [0.717, 1.165) is 6.42 Å². The molecule has 4 saturated carbocycles. The smallest absolute Gasteiger partial charge is 0.208 e. The number of fused-ring (bicyclic) bond motifs is 2. The highest BCUT2D eigenvalue weighted by atomic mass is 16.6. The maximum Gasteiger partial charge on any atom is 0.208 e. The molecule has 0 aromatic carbocycles. The second-order valence-electron chi connectivity index (χ2n) is 9.97. The van der Waals surface area contributed by atoms with E-state index >= 15 is 0 Å². The number of hydrogen-bond donors (Lipinski definition) is 4. The molecule has 4 bridgehead atoms. The van der Waals surface area contributed by atoms with Crippen LogP contribution in [-0.4, -0.2) is 56.9 Å². The quantitative estimate of drug-likeness (QED) is 0.463. The molecule has 4 N–H and O–H groups in total. The fourth-order valence-corrected chi connectivity index (χ4v) is 7.90. The zero-order chi connectivity index (χ0) is 18.9. The molecule has 2 heterocycles. The van der Waals surface area contributed by atoms with Gasteiger partial charge in [-0.2, -0.15) is 0 Å². The molecule has 6 aliphatic rings. The van der Waals surface area contributed by atoms with Gasteiger partial charge >= 0.3 is 0 Å². The largest absolute Gasteiger partial charge is 0.392 e. The molecule has 4 aliphatic carbocycles. The highest BCUT2D eigenvalue weighted by Gasteiger charge is 2.86. The minimum Gasteiger partial charge on any atom is -0.392 e. The molecule has 9 atom stereocenters. The molecule has 6 fully saturated rings. The molecule has 2 spiro atoms. The molecule has 26 heavy (non-hydrogen) atoms. The Labute approximate surface area is 152 Å². The number of aliphatic hydroxyl groups is 4. The van der Waals surface area contributed by atoms with E-state index in [1.54, 1.807) is 0 Å². The summed E-state index contributed by atoms with van der Waals surface area (Å²) in [5.41, 5.74) is -2.49. The van der Waals surface area contributed by atoms with Crippen molar-refractivity contribution in [2.75, 3.05) is 6.61 Å². The number of ketones is 1. The second kappa shape index (κ2) is 4.61. The highest BCUT2D eigenvalue weighted by molar-refractivity contribution is 6.05. The van der Waals surface area contributed by atoms with E-state index in [9.17, 15) is 25.2 Å². The first-order chi connectivity index (χ1) is 12.1. The summed E-state index contributed by atoms with van der Waals surface area (Å²) in [6.45, 7) is 8.07. The number of ether oxygens (including phenoxy) is 1. The second-order valence-corrected chi connectivity index (χ2v) is 9.97. The Hall–Kier alpha value is -0.790. The Morgan fingerprint density at radius 3 is 2.50 bits per heavy atom. The molecule has 2 saturated heterocycles. The molecule has 0 aromatic rings. The van der Waals surface area contributed by atoms with Gasteiger partial charge < -0.3 is 25.2 Å². The fourth-order valence-electron chi connectivity index (χ4n) is 7.90. The minimum atomic E-state index is -2.15. The number of aliphatic hydroxyl groups excluding tert-OH is 3. The maximum absolute atomic E-state index is 13.3. The van der Waals surface area contributed by atoms with Crippen molar-refractivity contribution in [2.45, 2.75) is 63.6 Å². The lowest BCUT2D eigenvalue weighted by atomic mass is 9.35. The standard InChI is InChI=1S/C20H28O6/c1-9-10-4-5-11-18-8-26-20(25,19(11,14(9)22)15(10)23)16(24)13(18)17(2,3)7-6-12(18)21/h10-13,15-16,21,23-25H,1,4-8H2,2-3H3/t10-,11?,12-,13+,15+,16+,18-,19+,20+/m0/s1. The van der Waals surface area contributed by atoms with E-state index in [2.05, 4.69) is 6.58 Å². The maximum atomic E-state index is 13.3. The molecule has 6 heteroatoms. The molecule has 144 valence electrons. The lowest BCUT2D eigenvalue weighted by Crippen LogP contribution is -2.85. The van der Waals surface area contributed by atoms with Crippen molar-refractivity contribution in [3.05, 3.63) is 12.2 Å². The molecule has 6 nitrogen and oxygen atoms in total. The van der Waals surface area contributed by atoms with E-state index < -0.39 is 58.5 Å². The Morgan fingerprint density at radius 1 is 1.12 bits per heavy atom. The van der Waals surface area contributed by atoms with Gasteiger partial charge in [0, 0.05) is 17.3 Å². The average Bonchev–Trinajstić information content (AvgIpc) is 2.69. The summed E-state index contributed by atoms with van der Waals surface area (Å²) in [6, 6.07) is 0. The normalized spacial score (nSPS) is 59.9. The van der Waals surface area contributed by atoms with E-state index in [1.807, 2.05) is 13.8 Å². The Balaban J connectivity index is 1.81. The highest BCUT2D eigenvalue weighted by Crippen LogP contribution is 2.76. The van der Waals surface area contributed by atoms with Crippen LogP contribution in [0.1, 0.15) is 39.5 Å². The zero-order valence-electron chi connectivity index (χ0n) is 15.3. The molecule has 1 unspecified atom stereocenters. The van der Waals surface area contributed by atoms with Crippen molar-refractivity contribution < 1.29 is 30.0 Å². The third-order valence-corrected chi connectivity index (χ3v) is 8.88. The summed E-state index contributed by atoms with van der Waals surface area (Å²) in [6.07, 6.45) is -0.747. The van der Waals surface area contributed by atoms with E-state index in [-0.39, 0.29) is 12.0 Å². The van der Waals surface area contributed by atoms with Crippen molar-refractivity contribution in [1.82, 2.24) is 0 Å². The molecular weight excluding hydrogens is 336 g/mol. The van der Waals surface area contributed by atoms with E-state index in [1.165, 1.54) is 0 Å². The summed E-state index contributed by atoms with van der Waals surface area (Å²) < 4.78 is 5.80. The number of rotatable bonds is 0. The summed E-state index contributed by atoms with van der Waals surface area (Å²) in [5.74, 6) is -3.80. The predicted octanol–water partition coefficient (Wildman–Crippen LogP) is 0.376. The van der Waals surface area contributed by atoms with Crippen LogP contribution >= 0.6 is 0 Å². The molecular formula is C20H28O6. The summed E-state index contributed by atoms with van der Waals surface area (Å²) >= 11 is 0. The first kappa shape index (κ1) is 17.3. The monoisotopic (exact) mass is 364 g/mol. The molecule has 0 amide bonds. The lowest BCUT2D eigenvalue weighted by molar-refractivity contribution is -0.458.